The summed E-state index contributed by atoms with van der Waals surface area (Å²) in [4.78, 5) is 23.8. The number of hydrogen-bond acceptors (Lipinski definition) is 4. The molecule has 0 saturated carbocycles. The van der Waals surface area contributed by atoms with Crippen molar-refractivity contribution in [2.75, 3.05) is 14.1 Å². The average molecular weight is 226 g/mol. The van der Waals surface area contributed by atoms with Gasteiger partial charge in [0.1, 0.15) is 12.0 Å². The number of nitrogens with two attached hydrogens (primary N) is 1. The number of nitrogens with zero attached hydrogens (tertiary/aromatic N) is 1. The molecule has 0 fully saturated rings. The van der Waals surface area contributed by atoms with Crippen molar-refractivity contribution in [2.45, 2.75) is 19.8 Å². The van der Waals surface area contributed by atoms with Crippen LogP contribution in [0, 0.1) is 0 Å². The first kappa shape index (κ1) is 14.2. The zero-order valence-electron chi connectivity index (χ0n) is 9.95. The SMILES string of the molecule is C=C(C(=O)O/C=C(/CCC)C(N)=O)N(C)C. The van der Waals surface area contributed by atoms with Gasteiger partial charge in [-0.2, -0.15) is 0 Å². The standard InChI is InChI=1S/C11H18N2O3/c1-5-6-9(10(12)14)7-16-11(15)8(2)13(3)4/h7H,2,5-6H2,1,3-4H3,(H2,12,14)/b9-7-. The van der Waals surface area contributed by atoms with E-state index in [0.717, 1.165) is 12.7 Å². The molecule has 0 aromatic heterocycles. The van der Waals surface area contributed by atoms with Crippen molar-refractivity contribution in [3.8, 4) is 0 Å². The van der Waals surface area contributed by atoms with E-state index in [1.165, 1.54) is 4.90 Å². The topological polar surface area (TPSA) is 72.6 Å². The molecule has 2 N–H and O–H groups in total. The molecule has 0 radical (unpaired) electrons. The fourth-order valence-electron chi connectivity index (χ4n) is 0.885. The van der Waals surface area contributed by atoms with Crippen LogP contribution in [0.15, 0.2) is 24.1 Å². The van der Waals surface area contributed by atoms with Gasteiger partial charge in [0.2, 0.25) is 5.91 Å². The van der Waals surface area contributed by atoms with E-state index in [9.17, 15) is 9.59 Å². The molecule has 0 aliphatic heterocycles. The maximum absolute atomic E-state index is 11.4. The third kappa shape index (κ3) is 4.63. The minimum Gasteiger partial charge on any atom is -0.429 e. The summed E-state index contributed by atoms with van der Waals surface area (Å²) in [5.74, 6) is -1.18. The van der Waals surface area contributed by atoms with E-state index < -0.39 is 11.9 Å². The molecule has 0 heterocycles. The third-order valence-electron chi connectivity index (χ3n) is 1.92. The molecule has 0 unspecified atom stereocenters. The second-order valence-electron chi connectivity index (χ2n) is 3.50. The number of likely N-dealkylation sites (N-methyl/N-ethyl adjacent to an activating group) is 1. The Morgan fingerprint density at radius 1 is 1.44 bits per heavy atom. The number of carbonyl (C=O) groups excluding carboxylic acids is 2. The summed E-state index contributed by atoms with van der Waals surface area (Å²) in [6.07, 6.45) is 2.33. The van der Waals surface area contributed by atoms with Gasteiger partial charge in [0.25, 0.3) is 0 Å². The lowest BCUT2D eigenvalue weighted by atomic mass is 10.1. The minimum absolute atomic E-state index is 0.205. The zero-order chi connectivity index (χ0) is 12.7. The Kier molecular flexibility index (Phi) is 5.92. The van der Waals surface area contributed by atoms with Gasteiger partial charge in [0, 0.05) is 14.1 Å². The van der Waals surface area contributed by atoms with Crippen LogP contribution in [0.4, 0.5) is 0 Å². The van der Waals surface area contributed by atoms with E-state index in [2.05, 4.69) is 6.58 Å². The highest BCUT2D eigenvalue weighted by Gasteiger charge is 2.11. The van der Waals surface area contributed by atoms with Crippen molar-refractivity contribution >= 4 is 11.9 Å². The van der Waals surface area contributed by atoms with Gasteiger partial charge in [0.15, 0.2) is 0 Å². The van der Waals surface area contributed by atoms with Crippen molar-refractivity contribution in [1.82, 2.24) is 4.90 Å². The van der Waals surface area contributed by atoms with E-state index in [-0.39, 0.29) is 5.70 Å². The summed E-state index contributed by atoms with van der Waals surface area (Å²) in [5, 5.41) is 0. The first-order valence-electron chi connectivity index (χ1n) is 4.96. The van der Waals surface area contributed by atoms with Crippen LogP contribution in [-0.4, -0.2) is 30.9 Å². The summed E-state index contributed by atoms with van der Waals surface area (Å²) in [5.41, 5.74) is 5.61. The zero-order valence-corrected chi connectivity index (χ0v) is 9.95. The molecule has 0 rings (SSSR count). The van der Waals surface area contributed by atoms with Crippen molar-refractivity contribution in [1.29, 1.82) is 0 Å². The molecule has 0 aromatic carbocycles. The molecular formula is C11H18N2O3. The molecule has 90 valence electrons. The highest BCUT2D eigenvalue weighted by Crippen LogP contribution is 2.06. The molecule has 0 bridgehead atoms. The number of ether oxygens (including phenoxy) is 1. The summed E-state index contributed by atoms with van der Waals surface area (Å²) in [7, 11) is 3.35. The second kappa shape index (κ2) is 6.66. The van der Waals surface area contributed by atoms with Crippen molar-refractivity contribution in [3.63, 3.8) is 0 Å². The Bertz CT molecular complexity index is 319. The van der Waals surface area contributed by atoms with Gasteiger partial charge >= 0.3 is 5.97 Å². The Morgan fingerprint density at radius 2 is 2.00 bits per heavy atom. The van der Waals surface area contributed by atoms with Gasteiger partial charge in [-0.3, -0.25) is 4.79 Å². The summed E-state index contributed by atoms with van der Waals surface area (Å²) >= 11 is 0. The van der Waals surface area contributed by atoms with E-state index in [1.54, 1.807) is 14.1 Å². The predicted molar refractivity (Wildman–Crippen MR) is 61.1 cm³/mol. The summed E-state index contributed by atoms with van der Waals surface area (Å²) in [6.45, 7) is 5.43. The predicted octanol–water partition coefficient (Wildman–Crippen LogP) is 0.774. The van der Waals surface area contributed by atoms with E-state index in [0.29, 0.717) is 12.0 Å². The van der Waals surface area contributed by atoms with Gasteiger partial charge in [-0.05, 0) is 6.42 Å². The van der Waals surface area contributed by atoms with Crippen LogP contribution in [0.2, 0.25) is 0 Å². The smallest absolute Gasteiger partial charge is 0.358 e. The molecular weight excluding hydrogens is 208 g/mol. The first-order chi connectivity index (χ1) is 7.40. The molecule has 0 spiro atoms. The monoisotopic (exact) mass is 226 g/mol. The van der Waals surface area contributed by atoms with E-state index in [1.807, 2.05) is 6.92 Å². The average Bonchev–Trinajstić information content (AvgIpc) is 2.21. The second-order valence-corrected chi connectivity index (χ2v) is 3.50. The lowest BCUT2D eigenvalue weighted by molar-refractivity contribution is -0.135. The normalized spacial score (nSPS) is 10.8. The van der Waals surface area contributed by atoms with Crippen molar-refractivity contribution < 1.29 is 14.3 Å². The fourth-order valence-corrected chi connectivity index (χ4v) is 0.885. The van der Waals surface area contributed by atoms with Crippen LogP contribution < -0.4 is 5.73 Å². The van der Waals surface area contributed by atoms with Gasteiger partial charge in [-0.15, -0.1) is 0 Å². The van der Waals surface area contributed by atoms with Crippen molar-refractivity contribution in [2.24, 2.45) is 5.73 Å². The number of primary amides is 1. The summed E-state index contributed by atoms with van der Waals surface area (Å²) < 4.78 is 4.80. The Labute approximate surface area is 95.5 Å². The maximum atomic E-state index is 11.4. The maximum Gasteiger partial charge on any atom is 0.358 e. The molecule has 5 heteroatoms. The largest absolute Gasteiger partial charge is 0.429 e. The Hall–Kier alpha value is -1.78. The minimum atomic E-state index is -0.597. The lowest BCUT2D eigenvalue weighted by Gasteiger charge is -2.12. The molecule has 0 saturated heterocycles. The quantitative estimate of drug-likeness (QED) is 0.412. The van der Waals surface area contributed by atoms with Crippen LogP contribution in [0.5, 0.6) is 0 Å². The fraction of sp³-hybridized carbons (Fsp3) is 0.455. The number of esters is 1. The van der Waals surface area contributed by atoms with Crippen LogP contribution >= 0.6 is 0 Å². The van der Waals surface area contributed by atoms with Crippen LogP contribution in [0.25, 0.3) is 0 Å². The van der Waals surface area contributed by atoms with Crippen LogP contribution in [0.3, 0.4) is 0 Å². The number of carbonyl (C=O) groups is 2. The first-order valence-corrected chi connectivity index (χ1v) is 4.96. The number of hydrogen-bond donors (Lipinski definition) is 1. The van der Waals surface area contributed by atoms with Crippen LogP contribution in [0.1, 0.15) is 19.8 Å². The molecule has 5 nitrogen and oxygen atoms in total. The molecule has 0 aliphatic carbocycles. The molecule has 0 aliphatic rings. The third-order valence-corrected chi connectivity index (χ3v) is 1.92. The summed E-state index contributed by atoms with van der Waals surface area (Å²) in [6, 6.07) is 0. The molecule has 0 atom stereocenters. The molecule has 1 amide bonds. The van der Waals surface area contributed by atoms with E-state index >= 15 is 0 Å². The van der Waals surface area contributed by atoms with Gasteiger partial charge in [0.05, 0.1) is 5.57 Å². The highest BCUT2D eigenvalue weighted by atomic mass is 16.5. The number of amides is 1. The van der Waals surface area contributed by atoms with Gasteiger partial charge < -0.3 is 15.4 Å². The van der Waals surface area contributed by atoms with E-state index in [4.69, 9.17) is 10.5 Å². The Morgan fingerprint density at radius 3 is 2.38 bits per heavy atom. The molecule has 0 aromatic rings. The number of rotatable bonds is 6. The van der Waals surface area contributed by atoms with Gasteiger partial charge in [-0.25, -0.2) is 4.79 Å². The lowest BCUT2D eigenvalue weighted by Crippen LogP contribution is -2.20. The Balaban J connectivity index is 4.49. The van der Waals surface area contributed by atoms with Gasteiger partial charge in [-0.1, -0.05) is 19.9 Å². The van der Waals surface area contributed by atoms with Crippen molar-refractivity contribution in [3.05, 3.63) is 24.1 Å². The van der Waals surface area contributed by atoms with Crippen LogP contribution in [-0.2, 0) is 14.3 Å². The highest BCUT2D eigenvalue weighted by molar-refractivity contribution is 5.92. The molecule has 16 heavy (non-hydrogen) atoms.